The molecule has 0 spiro atoms. The molecule has 0 saturated carbocycles. The molecule has 0 fully saturated rings. The van der Waals surface area contributed by atoms with Crippen LogP contribution in [0.5, 0.6) is 0 Å². The molecule has 1 aliphatic heterocycles. The molecule has 2 atom stereocenters. The van der Waals surface area contributed by atoms with Crippen LogP contribution in [-0.2, 0) is 6.42 Å². The minimum absolute atomic E-state index is 0.00442. The summed E-state index contributed by atoms with van der Waals surface area (Å²) in [6, 6.07) is 5.76. The molecule has 2 unspecified atom stereocenters. The van der Waals surface area contributed by atoms with E-state index in [1.54, 1.807) is 12.1 Å². The molecule has 3 aromatic rings. The first-order chi connectivity index (χ1) is 19.3. The van der Waals surface area contributed by atoms with Crippen molar-refractivity contribution in [2.45, 2.75) is 51.2 Å². The highest BCUT2D eigenvalue weighted by Gasteiger charge is 2.27. The highest BCUT2D eigenvalue weighted by atomic mass is 19.1. The Bertz CT molecular complexity index is 1310. The van der Waals surface area contributed by atoms with Gasteiger partial charge in [0, 0.05) is 43.2 Å². The third-order valence-electron chi connectivity index (χ3n) is 6.95. The molecule has 9 nitrogen and oxygen atoms in total. The average molecular weight is 555 g/mol. The molecular formula is C29H36F2N6O3. The van der Waals surface area contributed by atoms with E-state index in [9.17, 15) is 18.7 Å². The van der Waals surface area contributed by atoms with E-state index in [4.69, 9.17) is 15.9 Å². The number of anilines is 2. The van der Waals surface area contributed by atoms with Crippen molar-refractivity contribution in [3.8, 4) is 11.5 Å². The minimum atomic E-state index is -1.07. The number of unbranched alkanes of at least 4 members (excludes halogenated alkanes) is 1. The maximum Gasteiger partial charge on any atom is 0.251 e. The van der Waals surface area contributed by atoms with E-state index in [1.165, 1.54) is 30.8 Å². The van der Waals surface area contributed by atoms with Gasteiger partial charge < -0.3 is 36.5 Å². The van der Waals surface area contributed by atoms with Gasteiger partial charge in [0.2, 0.25) is 5.89 Å². The molecule has 4 rings (SSSR count). The fourth-order valence-corrected chi connectivity index (χ4v) is 4.85. The Morgan fingerprint density at radius 3 is 2.73 bits per heavy atom. The number of carbonyl (C=O) groups is 1. The number of nitrogens with zero attached hydrogens (tertiary/aromatic N) is 2. The molecule has 1 aromatic heterocycles. The number of nitrogens with one attached hydrogen (secondary N) is 2. The number of rotatable bonds is 12. The normalized spacial score (nSPS) is 14.8. The summed E-state index contributed by atoms with van der Waals surface area (Å²) in [5.41, 5.74) is 14.6. The predicted octanol–water partition coefficient (Wildman–Crippen LogP) is 3.89. The van der Waals surface area contributed by atoms with E-state index in [-0.39, 0.29) is 19.3 Å². The van der Waals surface area contributed by atoms with Gasteiger partial charge in [-0.3, -0.25) is 4.79 Å². The number of oxazole rings is 1. The van der Waals surface area contributed by atoms with E-state index in [0.29, 0.717) is 28.3 Å². The van der Waals surface area contributed by atoms with Crippen LogP contribution in [0.3, 0.4) is 0 Å². The van der Waals surface area contributed by atoms with Crippen molar-refractivity contribution < 1.29 is 23.1 Å². The van der Waals surface area contributed by atoms with Gasteiger partial charge in [-0.05, 0) is 55.5 Å². The van der Waals surface area contributed by atoms with E-state index in [2.05, 4.69) is 27.4 Å². The Balaban J connectivity index is 1.67. The molecule has 40 heavy (non-hydrogen) atoms. The average Bonchev–Trinajstić information content (AvgIpc) is 3.48. The summed E-state index contributed by atoms with van der Waals surface area (Å²) in [5, 5.41) is 17.3. The third-order valence-corrected chi connectivity index (χ3v) is 6.95. The lowest BCUT2D eigenvalue weighted by atomic mass is 9.96. The van der Waals surface area contributed by atoms with Crippen LogP contribution < -0.4 is 27.0 Å². The molecule has 0 aliphatic carbocycles. The first-order valence-corrected chi connectivity index (χ1v) is 13.5. The summed E-state index contributed by atoms with van der Waals surface area (Å²) >= 11 is 0. The zero-order valence-electron chi connectivity index (χ0n) is 22.5. The van der Waals surface area contributed by atoms with Gasteiger partial charge in [0.15, 0.2) is 0 Å². The van der Waals surface area contributed by atoms with Crippen LogP contribution in [0.1, 0.15) is 48.5 Å². The summed E-state index contributed by atoms with van der Waals surface area (Å²) in [5.74, 6) is -1.57. The third kappa shape index (κ3) is 7.09. The number of halogens is 2. The lowest BCUT2D eigenvalue weighted by Gasteiger charge is -2.33. The van der Waals surface area contributed by atoms with Gasteiger partial charge in [0.05, 0.1) is 35.3 Å². The second-order valence-electron chi connectivity index (χ2n) is 9.93. The standard InChI is InChI=1S/C29H36F2N6O3/c1-2-3-8-37-9-6-34-27-23(29-35-7-10-40-29)14-19(15-25(27)37)28(39)36-24(26(38)5-4-22(33)17-32)13-18-11-20(30)16-21(31)12-18/h7,10-12,14-17,24,26,34,38H,2-6,8-9,13,32-33H2,1H3,(H,36,39). The maximum absolute atomic E-state index is 13.9. The Kier molecular flexibility index (Phi) is 9.60. The zero-order valence-corrected chi connectivity index (χ0v) is 22.5. The monoisotopic (exact) mass is 554 g/mol. The molecule has 1 amide bonds. The Hall–Kier alpha value is -4.12. The predicted molar refractivity (Wildman–Crippen MR) is 151 cm³/mol. The Labute approximate surface area is 232 Å². The van der Waals surface area contributed by atoms with Crippen LogP contribution >= 0.6 is 0 Å². The van der Waals surface area contributed by atoms with Crippen LogP contribution in [-0.4, -0.2) is 47.8 Å². The van der Waals surface area contributed by atoms with Crippen molar-refractivity contribution in [1.29, 1.82) is 0 Å². The number of carbonyl (C=O) groups excluding carboxylic acids is 1. The van der Waals surface area contributed by atoms with Gasteiger partial charge >= 0.3 is 0 Å². The van der Waals surface area contributed by atoms with Gasteiger partial charge in [-0.15, -0.1) is 0 Å². The fourth-order valence-electron chi connectivity index (χ4n) is 4.85. The van der Waals surface area contributed by atoms with Gasteiger partial charge in [-0.25, -0.2) is 13.8 Å². The highest BCUT2D eigenvalue weighted by molar-refractivity contribution is 6.00. The number of aliphatic hydroxyl groups excluding tert-OH is 1. The smallest absolute Gasteiger partial charge is 0.251 e. The molecule has 0 saturated heterocycles. The molecule has 7 N–H and O–H groups in total. The van der Waals surface area contributed by atoms with E-state index >= 15 is 0 Å². The maximum atomic E-state index is 13.9. The number of aromatic nitrogens is 1. The number of aliphatic hydroxyl groups is 1. The lowest BCUT2D eigenvalue weighted by Crippen LogP contribution is -2.45. The van der Waals surface area contributed by atoms with Crippen LogP contribution in [0.25, 0.3) is 11.5 Å². The van der Waals surface area contributed by atoms with Crippen molar-refractivity contribution >= 4 is 17.3 Å². The fraction of sp³-hybridized carbons (Fsp3) is 0.379. The number of benzene rings is 2. The van der Waals surface area contributed by atoms with Crippen molar-refractivity contribution in [2.75, 3.05) is 29.9 Å². The van der Waals surface area contributed by atoms with Crippen LogP contribution in [0, 0.1) is 11.6 Å². The molecule has 2 heterocycles. The SMILES string of the molecule is CCCCN1CCNc2c(-c3ncco3)cc(C(=O)NC(Cc3cc(F)cc(F)c3)C(O)CCC(N)=CN)cc21. The van der Waals surface area contributed by atoms with Gasteiger partial charge in [0.25, 0.3) is 5.91 Å². The van der Waals surface area contributed by atoms with Gasteiger partial charge in [-0.2, -0.15) is 0 Å². The second kappa shape index (κ2) is 13.3. The van der Waals surface area contributed by atoms with E-state index in [1.807, 2.05) is 0 Å². The van der Waals surface area contributed by atoms with Gasteiger partial charge in [-0.1, -0.05) is 13.3 Å². The Morgan fingerprint density at radius 1 is 1.27 bits per heavy atom. The Morgan fingerprint density at radius 2 is 2.05 bits per heavy atom. The molecule has 0 radical (unpaired) electrons. The second-order valence-corrected chi connectivity index (χ2v) is 9.93. The summed E-state index contributed by atoms with van der Waals surface area (Å²) in [6.07, 6.45) is 5.67. The minimum Gasteiger partial charge on any atom is -0.444 e. The van der Waals surface area contributed by atoms with Crippen LogP contribution in [0.2, 0.25) is 0 Å². The molecule has 0 bridgehead atoms. The summed E-state index contributed by atoms with van der Waals surface area (Å²) in [6.45, 7) is 4.45. The molecule has 214 valence electrons. The molecule has 11 heteroatoms. The first-order valence-electron chi connectivity index (χ1n) is 13.5. The summed E-state index contributed by atoms with van der Waals surface area (Å²) in [4.78, 5) is 20.2. The first kappa shape index (κ1) is 28.9. The van der Waals surface area contributed by atoms with Crippen molar-refractivity contribution in [2.24, 2.45) is 11.5 Å². The number of allylic oxidation sites excluding steroid dienone is 1. The largest absolute Gasteiger partial charge is 0.444 e. The molecule has 1 aliphatic rings. The number of nitrogens with two attached hydrogens (primary N) is 2. The number of hydrogen-bond acceptors (Lipinski definition) is 8. The van der Waals surface area contributed by atoms with Crippen molar-refractivity contribution in [1.82, 2.24) is 10.3 Å². The molecular weight excluding hydrogens is 518 g/mol. The summed E-state index contributed by atoms with van der Waals surface area (Å²) in [7, 11) is 0. The lowest BCUT2D eigenvalue weighted by molar-refractivity contribution is 0.0814. The van der Waals surface area contributed by atoms with Crippen molar-refractivity contribution in [3.63, 3.8) is 0 Å². The number of amides is 1. The number of fused-ring (bicyclic) bond motifs is 1. The zero-order chi connectivity index (χ0) is 28.6. The summed E-state index contributed by atoms with van der Waals surface area (Å²) < 4.78 is 33.4. The highest BCUT2D eigenvalue weighted by Crippen LogP contribution is 2.39. The quantitative estimate of drug-likeness (QED) is 0.227. The van der Waals surface area contributed by atoms with E-state index < -0.39 is 29.7 Å². The number of hydrogen-bond donors (Lipinski definition) is 5. The van der Waals surface area contributed by atoms with Crippen LogP contribution in [0.15, 0.2) is 59.1 Å². The topological polar surface area (TPSA) is 143 Å². The van der Waals surface area contributed by atoms with Gasteiger partial charge in [0.1, 0.15) is 17.9 Å². The molecule has 2 aromatic carbocycles. The van der Waals surface area contributed by atoms with E-state index in [0.717, 1.165) is 49.9 Å². The van der Waals surface area contributed by atoms with Crippen LogP contribution in [0.4, 0.5) is 20.2 Å². The van der Waals surface area contributed by atoms with Crippen molar-refractivity contribution in [3.05, 3.63) is 77.5 Å².